The molecule has 1 aromatic heterocycles. The number of imidazole rings is 1. The fraction of sp³-hybridized carbons (Fsp3) is 0.412. The minimum absolute atomic E-state index is 0.0654. The number of carboxylic acid groups (broad SMARTS) is 1. The summed E-state index contributed by atoms with van der Waals surface area (Å²) in [6.45, 7) is 4.08. The topological polar surface area (TPSA) is 64.2 Å². The molecular weight excluding hydrogens is 280 g/mol. The molecule has 1 aliphatic carbocycles. The molecule has 116 valence electrons. The maximum absolute atomic E-state index is 12.8. The number of aromatic carboxylic acids is 1. The van der Waals surface area contributed by atoms with Crippen LogP contribution in [-0.2, 0) is 6.54 Å². The zero-order chi connectivity index (χ0) is 15.7. The number of rotatable bonds is 4. The average Bonchev–Trinajstić information content (AvgIpc) is 2.80. The molecule has 1 aliphatic rings. The number of aromatic nitrogens is 2. The van der Waals surface area contributed by atoms with Crippen LogP contribution in [0.4, 0.5) is 0 Å². The van der Waals surface area contributed by atoms with Crippen molar-refractivity contribution >= 4 is 17.0 Å². The van der Waals surface area contributed by atoms with E-state index < -0.39 is 5.97 Å². The molecule has 22 heavy (non-hydrogen) atoms. The molecule has 0 spiro atoms. The Balaban J connectivity index is 2.23. The van der Waals surface area contributed by atoms with Crippen LogP contribution in [0.1, 0.15) is 48.5 Å². The lowest BCUT2D eigenvalue weighted by Gasteiger charge is -2.22. The lowest BCUT2D eigenvalue weighted by atomic mass is 9.95. The molecule has 1 fully saturated rings. The lowest BCUT2D eigenvalue weighted by molar-refractivity contribution is 0.0697. The van der Waals surface area contributed by atoms with Gasteiger partial charge in [0.15, 0.2) is 0 Å². The maximum Gasteiger partial charge on any atom is 0.335 e. The minimum atomic E-state index is -0.982. The molecule has 0 bridgehead atoms. The summed E-state index contributed by atoms with van der Waals surface area (Å²) in [6.07, 6.45) is 7.18. The van der Waals surface area contributed by atoms with Gasteiger partial charge in [-0.3, -0.25) is 9.13 Å². The van der Waals surface area contributed by atoms with E-state index in [0.717, 1.165) is 31.2 Å². The molecule has 1 N–H and O–H groups in total. The summed E-state index contributed by atoms with van der Waals surface area (Å²) in [4.78, 5) is 24.0. The van der Waals surface area contributed by atoms with E-state index in [9.17, 15) is 14.7 Å². The summed E-state index contributed by atoms with van der Waals surface area (Å²) in [7, 11) is 0. The third-order valence-corrected chi connectivity index (χ3v) is 4.46. The van der Waals surface area contributed by atoms with Crippen molar-refractivity contribution in [1.82, 2.24) is 9.13 Å². The first-order chi connectivity index (χ1) is 10.6. The molecule has 0 radical (unpaired) electrons. The number of hydrogen-bond acceptors (Lipinski definition) is 2. The van der Waals surface area contributed by atoms with Crippen molar-refractivity contribution in [3.05, 3.63) is 46.9 Å². The van der Waals surface area contributed by atoms with Crippen LogP contribution in [0, 0.1) is 0 Å². The number of carbonyl (C=O) groups is 1. The van der Waals surface area contributed by atoms with Gasteiger partial charge in [-0.05, 0) is 31.0 Å². The van der Waals surface area contributed by atoms with Crippen molar-refractivity contribution in [1.29, 1.82) is 0 Å². The molecule has 0 saturated heterocycles. The fourth-order valence-corrected chi connectivity index (χ4v) is 3.41. The molecule has 0 unspecified atom stereocenters. The molecule has 0 atom stereocenters. The highest BCUT2D eigenvalue weighted by Crippen LogP contribution is 2.30. The summed E-state index contributed by atoms with van der Waals surface area (Å²) < 4.78 is 3.47. The Labute approximate surface area is 128 Å². The largest absolute Gasteiger partial charge is 0.478 e. The normalized spacial score (nSPS) is 16.0. The van der Waals surface area contributed by atoms with Crippen LogP contribution < -0.4 is 5.69 Å². The minimum Gasteiger partial charge on any atom is -0.478 e. The standard InChI is InChI=1S/C17H20N2O3/c1-2-10-18-15-11-12(16(20)21)8-9-14(15)19(17(18)22)13-6-4-3-5-7-13/h2,8-9,11,13H,1,3-7,10H2,(H,20,21). The number of carboxylic acids is 1. The zero-order valence-corrected chi connectivity index (χ0v) is 12.5. The van der Waals surface area contributed by atoms with Crippen molar-refractivity contribution in [3.63, 3.8) is 0 Å². The van der Waals surface area contributed by atoms with Gasteiger partial charge in [0, 0.05) is 12.6 Å². The maximum atomic E-state index is 12.8. The van der Waals surface area contributed by atoms with Crippen molar-refractivity contribution in [2.45, 2.75) is 44.7 Å². The summed E-state index contributed by atoms with van der Waals surface area (Å²) in [5.74, 6) is -0.982. The van der Waals surface area contributed by atoms with Gasteiger partial charge in [0.25, 0.3) is 0 Å². The molecule has 1 aromatic carbocycles. The second-order valence-corrected chi connectivity index (χ2v) is 5.85. The van der Waals surface area contributed by atoms with Gasteiger partial charge >= 0.3 is 11.7 Å². The Kier molecular flexibility index (Phi) is 3.88. The highest BCUT2D eigenvalue weighted by atomic mass is 16.4. The number of benzene rings is 1. The van der Waals surface area contributed by atoms with Crippen LogP contribution in [0.3, 0.4) is 0 Å². The molecule has 1 saturated carbocycles. The van der Waals surface area contributed by atoms with Gasteiger partial charge in [-0.15, -0.1) is 6.58 Å². The van der Waals surface area contributed by atoms with Gasteiger partial charge in [0.05, 0.1) is 16.6 Å². The molecule has 0 amide bonds. The Morgan fingerprint density at radius 3 is 2.64 bits per heavy atom. The van der Waals surface area contributed by atoms with Crippen LogP contribution >= 0.6 is 0 Å². The third-order valence-electron chi connectivity index (χ3n) is 4.46. The molecule has 2 aromatic rings. The van der Waals surface area contributed by atoms with Crippen LogP contribution in [0.5, 0.6) is 0 Å². The van der Waals surface area contributed by atoms with Crippen molar-refractivity contribution in [2.24, 2.45) is 0 Å². The quantitative estimate of drug-likeness (QED) is 0.882. The first-order valence-corrected chi connectivity index (χ1v) is 7.72. The highest BCUT2D eigenvalue weighted by molar-refractivity contribution is 5.92. The molecule has 5 nitrogen and oxygen atoms in total. The van der Waals surface area contributed by atoms with E-state index in [1.165, 1.54) is 6.42 Å². The van der Waals surface area contributed by atoms with E-state index in [1.807, 2.05) is 4.57 Å². The van der Waals surface area contributed by atoms with Crippen LogP contribution in [0.15, 0.2) is 35.6 Å². The van der Waals surface area contributed by atoms with E-state index in [-0.39, 0.29) is 17.3 Å². The average molecular weight is 300 g/mol. The summed E-state index contributed by atoms with van der Waals surface area (Å²) >= 11 is 0. The van der Waals surface area contributed by atoms with Crippen LogP contribution in [0.25, 0.3) is 11.0 Å². The predicted octanol–water partition coefficient (Wildman–Crippen LogP) is 3.19. The van der Waals surface area contributed by atoms with E-state index >= 15 is 0 Å². The van der Waals surface area contributed by atoms with Crippen LogP contribution in [-0.4, -0.2) is 20.2 Å². The first kappa shape index (κ1) is 14.6. The van der Waals surface area contributed by atoms with E-state index in [4.69, 9.17) is 0 Å². The Bertz CT molecular complexity index is 779. The predicted molar refractivity (Wildman–Crippen MR) is 85.5 cm³/mol. The van der Waals surface area contributed by atoms with Gasteiger partial charge in [0.1, 0.15) is 0 Å². The van der Waals surface area contributed by atoms with Crippen LogP contribution in [0.2, 0.25) is 0 Å². The van der Waals surface area contributed by atoms with E-state index in [0.29, 0.717) is 12.1 Å². The summed E-state index contributed by atoms with van der Waals surface area (Å²) in [6, 6.07) is 5.13. The molecule has 0 aliphatic heterocycles. The smallest absolute Gasteiger partial charge is 0.335 e. The monoisotopic (exact) mass is 300 g/mol. The van der Waals surface area contributed by atoms with Crippen molar-refractivity contribution in [2.75, 3.05) is 0 Å². The summed E-state index contributed by atoms with van der Waals surface area (Å²) in [5, 5.41) is 9.18. The Hall–Kier alpha value is -2.30. The van der Waals surface area contributed by atoms with Gasteiger partial charge in [-0.25, -0.2) is 9.59 Å². The number of nitrogens with zero attached hydrogens (tertiary/aromatic N) is 2. The zero-order valence-electron chi connectivity index (χ0n) is 12.5. The fourth-order valence-electron chi connectivity index (χ4n) is 3.41. The first-order valence-electron chi connectivity index (χ1n) is 7.72. The Morgan fingerprint density at radius 2 is 2.00 bits per heavy atom. The lowest BCUT2D eigenvalue weighted by Crippen LogP contribution is -2.28. The second kappa shape index (κ2) is 5.83. The molecular formula is C17H20N2O3. The number of fused-ring (bicyclic) bond motifs is 1. The molecule has 5 heteroatoms. The number of hydrogen-bond donors (Lipinski definition) is 1. The van der Waals surface area contributed by atoms with Gasteiger partial charge in [-0.1, -0.05) is 25.3 Å². The second-order valence-electron chi connectivity index (χ2n) is 5.85. The molecule has 3 rings (SSSR count). The van der Waals surface area contributed by atoms with Gasteiger partial charge < -0.3 is 5.11 Å². The number of allylic oxidation sites excluding steroid dienone is 1. The molecule has 1 heterocycles. The van der Waals surface area contributed by atoms with Crippen molar-refractivity contribution in [3.8, 4) is 0 Å². The summed E-state index contributed by atoms with van der Waals surface area (Å²) in [5.41, 5.74) is 1.63. The van der Waals surface area contributed by atoms with E-state index in [2.05, 4.69) is 6.58 Å². The van der Waals surface area contributed by atoms with Crippen molar-refractivity contribution < 1.29 is 9.90 Å². The SMILES string of the molecule is C=CCn1c(=O)n(C2CCCCC2)c2ccc(C(=O)O)cc21. The Morgan fingerprint density at radius 1 is 1.27 bits per heavy atom. The van der Waals surface area contributed by atoms with E-state index in [1.54, 1.807) is 28.8 Å². The third kappa shape index (κ3) is 2.36. The highest BCUT2D eigenvalue weighted by Gasteiger charge is 2.22. The van der Waals surface area contributed by atoms with Gasteiger partial charge in [-0.2, -0.15) is 0 Å². The van der Waals surface area contributed by atoms with Gasteiger partial charge in [0.2, 0.25) is 0 Å².